The maximum atomic E-state index is 4.22. The van der Waals surface area contributed by atoms with Crippen molar-refractivity contribution < 1.29 is 0 Å². The van der Waals surface area contributed by atoms with Gasteiger partial charge in [0.2, 0.25) is 0 Å². The summed E-state index contributed by atoms with van der Waals surface area (Å²) in [6, 6.07) is 5.86. The van der Waals surface area contributed by atoms with Crippen LogP contribution in [0.3, 0.4) is 0 Å². The monoisotopic (exact) mass is 290 g/mol. The molecule has 0 aliphatic heterocycles. The van der Waals surface area contributed by atoms with Crippen LogP contribution in [-0.4, -0.2) is 29.6 Å². The Labute approximate surface area is 105 Å². The predicted molar refractivity (Wildman–Crippen MR) is 56.2 cm³/mol. The topological polar surface area (TPSA) is 0 Å². The van der Waals surface area contributed by atoms with Gasteiger partial charge in [0.05, 0.1) is 0 Å². The summed E-state index contributed by atoms with van der Waals surface area (Å²) in [6.07, 6.45) is 0. The third kappa shape index (κ3) is 2.88. The Morgan fingerprint density at radius 2 is 1.50 bits per heavy atom. The van der Waals surface area contributed by atoms with E-state index in [1.165, 1.54) is 0 Å². The van der Waals surface area contributed by atoms with Crippen LogP contribution in [0, 0.1) is 0 Å². The molecule has 0 aliphatic carbocycles. The van der Waals surface area contributed by atoms with Gasteiger partial charge in [-0.1, -0.05) is 6.07 Å². The summed E-state index contributed by atoms with van der Waals surface area (Å²) >= 11 is 10.9. The summed E-state index contributed by atoms with van der Waals surface area (Å²) in [5.41, 5.74) is 0. The molecule has 4 heteroatoms. The quantitative estimate of drug-likeness (QED) is 0.551. The van der Waals surface area contributed by atoms with Crippen LogP contribution >= 0.6 is 44.5 Å². The fourth-order valence-electron chi connectivity index (χ4n) is 0.489. The molecular formula is C6H5Br2NaS. The summed E-state index contributed by atoms with van der Waals surface area (Å²) in [5.74, 6) is 0. The SMILES string of the molecule is Sc1c(Br)cccc1Br.[NaH]. The molecule has 1 aromatic rings. The Hall–Kier alpha value is 1.53. The van der Waals surface area contributed by atoms with Gasteiger partial charge < -0.3 is 0 Å². The number of benzene rings is 1. The minimum atomic E-state index is 0. The number of rotatable bonds is 0. The van der Waals surface area contributed by atoms with Crippen LogP contribution in [0.5, 0.6) is 0 Å². The molecule has 0 spiro atoms. The van der Waals surface area contributed by atoms with Gasteiger partial charge in [0, 0.05) is 13.8 Å². The van der Waals surface area contributed by atoms with E-state index in [1.807, 2.05) is 18.2 Å². The Balaban J connectivity index is 0.000000810. The molecule has 0 bridgehead atoms. The first-order valence-corrected chi connectivity index (χ1v) is 4.38. The molecule has 0 N–H and O–H groups in total. The molecule has 0 amide bonds. The summed E-state index contributed by atoms with van der Waals surface area (Å²) < 4.78 is 2.03. The third-order valence-electron chi connectivity index (χ3n) is 0.938. The Morgan fingerprint density at radius 3 is 1.80 bits per heavy atom. The molecule has 0 saturated carbocycles. The zero-order valence-electron chi connectivity index (χ0n) is 4.44. The predicted octanol–water partition coefficient (Wildman–Crippen LogP) is 2.85. The van der Waals surface area contributed by atoms with E-state index >= 15 is 0 Å². The van der Waals surface area contributed by atoms with Crippen LogP contribution in [0.2, 0.25) is 0 Å². The van der Waals surface area contributed by atoms with E-state index in [2.05, 4.69) is 44.5 Å². The van der Waals surface area contributed by atoms with Gasteiger partial charge in [-0.25, -0.2) is 0 Å². The Bertz CT molecular complexity index is 207. The average molecular weight is 292 g/mol. The van der Waals surface area contributed by atoms with E-state index < -0.39 is 0 Å². The molecule has 50 valence electrons. The van der Waals surface area contributed by atoms with Crippen LogP contribution in [0.1, 0.15) is 0 Å². The van der Waals surface area contributed by atoms with Crippen LogP contribution < -0.4 is 0 Å². The average Bonchev–Trinajstić information content (AvgIpc) is 1.83. The normalized spacial score (nSPS) is 8.70. The second-order valence-electron chi connectivity index (χ2n) is 1.57. The zero-order valence-corrected chi connectivity index (χ0v) is 8.50. The Morgan fingerprint density at radius 1 is 1.10 bits per heavy atom. The third-order valence-corrected chi connectivity index (χ3v) is 3.35. The molecule has 0 aromatic heterocycles. The van der Waals surface area contributed by atoms with Crippen LogP contribution in [0.15, 0.2) is 32.0 Å². The van der Waals surface area contributed by atoms with E-state index in [0.717, 1.165) is 13.8 Å². The van der Waals surface area contributed by atoms with Crippen LogP contribution in [0.25, 0.3) is 0 Å². The van der Waals surface area contributed by atoms with Gasteiger partial charge in [0.15, 0.2) is 0 Å². The molecule has 0 radical (unpaired) electrons. The van der Waals surface area contributed by atoms with Gasteiger partial charge in [-0.05, 0) is 44.0 Å². The first-order valence-electron chi connectivity index (χ1n) is 2.35. The van der Waals surface area contributed by atoms with E-state index in [4.69, 9.17) is 0 Å². The van der Waals surface area contributed by atoms with E-state index in [0.29, 0.717) is 0 Å². The van der Waals surface area contributed by atoms with Crippen LogP contribution in [0.4, 0.5) is 0 Å². The number of halogens is 2. The van der Waals surface area contributed by atoms with E-state index in [9.17, 15) is 0 Å². The molecule has 0 aliphatic rings. The molecule has 0 heterocycles. The van der Waals surface area contributed by atoms with Crippen molar-refractivity contribution in [3.05, 3.63) is 27.1 Å². The minimum absolute atomic E-state index is 0. The Kier molecular flexibility index (Phi) is 6.02. The summed E-state index contributed by atoms with van der Waals surface area (Å²) in [7, 11) is 0. The van der Waals surface area contributed by atoms with Crippen molar-refractivity contribution in [2.24, 2.45) is 0 Å². The van der Waals surface area contributed by atoms with Gasteiger partial charge in [-0.2, -0.15) is 0 Å². The van der Waals surface area contributed by atoms with Crippen molar-refractivity contribution in [3.8, 4) is 0 Å². The van der Waals surface area contributed by atoms with E-state index in [-0.39, 0.29) is 29.6 Å². The molecule has 1 aromatic carbocycles. The van der Waals surface area contributed by atoms with Crippen LogP contribution in [-0.2, 0) is 0 Å². The molecule has 0 fully saturated rings. The van der Waals surface area contributed by atoms with Crippen molar-refractivity contribution in [3.63, 3.8) is 0 Å². The molecule has 1 rings (SSSR count). The van der Waals surface area contributed by atoms with Gasteiger partial charge in [0.1, 0.15) is 0 Å². The number of hydrogen-bond donors (Lipinski definition) is 1. The fourth-order valence-corrected chi connectivity index (χ4v) is 1.64. The summed E-state index contributed by atoms with van der Waals surface area (Å²) in [5, 5.41) is 0. The maximum absolute atomic E-state index is 4.22. The van der Waals surface area contributed by atoms with Gasteiger partial charge in [-0.3, -0.25) is 0 Å². The number of hydrogen-bond acceptors (Lipinski definition) is 1. The fraction of sp³-hybridized carbons (Fsp3) is 0. The first kappa shape index (κ1) is 11.5. The molecule has 0 atom stereocenters. The second-order valence-corrected chi connectivity index (χ2v) is 3.73. The van der Waals surface area contributed by atoms with Crippen molar-refractivity contribution in [2.45, 2.75) is 4.90 Å². The van der Waals surface area contributed by atoms with Crippen molar-refractivity contribution >= 4 is 74.0 Å². The number of thiol groups is 1. The van der Waals surface area contributed by atoms with Crippen molar-refractivity contribution in [2.75, 3.05) is 0 Å². The molecule has 0 unspecified atom stereocenters. The van der Waals surface area contributed by atoms with Crippen molar-refractivity contribution in [1.29, 1.82) is 0 Å². The summed E-state index contributed by atoms with van der Waals surface area (Å²) in [6.45, 7) is 0. The molecule has 0 saturated heterocycles. The molecule has 10 heavy (non-hydrogen) atoms. The molecular weight excluding hydrogens is 287 g/mol. The van der Waals surface area contributed by atoms with Gasteiger partial charge in [0.25, 0.3) is 0 Å². The summed E-state index contributed by atoms with van der Waals surface area (Å²) in [4.78, 5) is 0.942. The standard InChI is InChI=1S/C6H4Br2S.Na.H/c7-4-2-1-3-5(8)6(4)9;;/h1-3,9H;;. The van der Waals surface area contributed by atoms with Crippen molar-refractivity contribution in [1.82, 2.24) is 0 Å². The zero-order chi connectivity index (χ0) is 6.85. The second kappa shape index (κ2) is 5.22. The molecule has 0 nitrogen and oxygen atoms in total. The first-order chi connectivity index (χ1) is 4.22. The van der Waals surface area contributed by atoms with Gasteiger partial charge in [-0.15, -0.1) is 12.6 Å². The van der Waals surface area contributed by atoms with E-state index in [1.54, 1.807) is 0 Å². The van der Waals surface area contributed by atoms with Gasteiger partial charge >= 0.3 is 29.6 Å².